The number of halogens is 1. The zero-order valence-corrected chi connectivity index (χ0v) is 19.1. The minimum absolute atomic E-state index is 0.0158. The van der Waals surface area contributed by atoms with Crippen LogP contribution in [0.5, 0.6) is 0 Å². The van der Waals surface area contributed by atoms with Gasteiger partial charge < -0.3 is 11.1 Å². The Morgan fingerprint density at radius 3 is 2.48 bits per heavy atom. The molecule has 0 saturated carbocycles. The standard InChI is InChI=1S/C21H21ClN4O3S2/c1-13-2-8-17(9-3-13)30-21-18(24-20(27)14-4-6-15(22)7-5-14)19(23)26(25-21)16-10-11-31(28,29)12-16/h2-9,16H,10-12,23H2,1H3,(H,24,27). The molecule has 4 rings (SSSR count). The lowest BCUT2D eigenvalue weighted by molar-refractivity contribution is 0.102. The topological polar surface area (TPSA) is 107 Å². The fourth-order valence-corrected chi connectivity index (χ4v) is 6.07. The second-order valence-electron chi connectivity index (χ2n) is 7.44. The highest BCUT2D eigenvalue weighted by atomic mass is 35.5. The third kappa shape index (κ3) is 4.89. The van der Waals surface area contributed by atoms with Crippen molar-refractivity contribution in [3.63, 3.8) is 0 Å². The van der Waals surface area contributed by atoms with Gasteiger partial charge in [0.2, 0.25) is 0 Å². The van der Waals surface area contributed by atoms with E-state index in [-0.39, 0.29) is 29.3 Å². The molecule has 7 nitrogen and oxygen atoms in total. The summed E-state index contributed by atoms with van der Waals surface area (Å²) in [5.74, 6) is -0.0335. The fraction of sp³-hybridized carbons (Fsp3) is 0.238. The Balaban J connectivity index is 1.69. The molecule has 162 valence electrons. The lowest BCUT2D eigenvalue weighted by Crippen LogP contribution is -2.16. The molecule has 0 spiro atoms. The van der Waals surface area contributed by atoms with Crippen LogP contribution in [0.1, 0.15) is 28.4 Å². The van der Waals surface area contributed by atoms with Gasteiger partial charge in [-0.05, 0) is 49.7 Å². The molecule has 0 bridgehead atoms. The monoisotopic (exact) mass is 476 g/mol. The first-order valence-electron chi connectivity index (χ1n) is 9.62. The lowest BCUT2D eigenvalue weighted by atomic mass is 10.2. The second-order valence-corrected chi connectivity index (χ2v) is 11.2. The van der Waals surface area contributed by atoms with E-state index in [1.54, 1.807) is 24.3 Å². The van der Waals surface area contributed by atoms with Crippen molar-refractivity contribution in [2.24, 2.45) is 0 Å². The maximum absolute atomic E-state index is 12.8. The van der Waals surface area contributed by atoms with Gasteiger partial charge in [-0.25, -0.2) is 13.1 Å². The number of sulfone groups is 1. The van der Waals surface area contributed by atoms with Crippen molar-refractivity contribution in [3.05, 3.63) is 64.7 Å². The number of aryl methyl sites for hydroxylation is 1. The summed E-state index contributed by atoms with van der Waals surface area (Å²) in [4.78, 5) is 13.7. The van der Waals surface area contributed by atoms with Crippen molar-refractivity contribution in [3.8, 4) is 0 Å². The van der Waals surface area contributed by atoms with Gasteiger partial charge >= 0.3 is 0 Å². The minimum atomic E-state index is -3.12. The first-order chi connectivity index (χ1) is 14.7. The Bertz CT molecular complexity index is 1220. The number of nitrogens with one attached hydrogen (secondary N) is 1. The van der Waals surface area contributed by atoms with Crippen LogP contribution >= 0.6 is 23.4 Å². The molecule has 3 aromatic rings. The Hall–Kier alpha value is -2.49. The molecular weight excluding hydrogens is 456 g/mol. The molecule has 1 aliphatic rings. The number of anilines is 2. The number of nitrogens with two attached hydrogens (primary N) is 1. The number of rotatable bonds is 5. The van der Waals surface area contributed by atoms with Gasteiger partial charge in [0.25, 0.3) is 5.91 Å². The summed E-state index contributed by atoms with van der Waals surface area (Å²) in [5.41, 5.74) is 8.28. The van der Waals surface area contributed by atoms with Gasteiger partial charge in [-0.2, -0.15) is 5.10 Å². The van der Waals surface area contributed by atoms with Crippen LogP contribution in [0.2, 0.25) is 5.02 Å². The first kappa shape index (κ1) is 21.7. The third-order valence-corrected chi connectivity index (χ3v) is 8.04. The van der Waals surface area contributed by atoms with Crippen LogP contribution in [0.4, 0.5) is 11.5 Å². The molecule has 1 aliphatic heterocycles. The number of carbonyl (C=O) groups excluding carboxylic acids is 1. The van der Waals surface area contributed by atoms with E-state index in [2.05, 4.69) is 10.4 Å². The molecule has 1 fully saturated rings. The van der Waals surface area contributed by atoms with Gasteiger partial charge in [0.05, 0.1) is 17.5 Å². The van der Waals surface area contributed by atoms with Gasteiger partial charge in [0.15, 0.2) is 9.84 Å². The van der Waals surface area contributed by atoms with Crippen LogP contribution in [-0.2, 0) is 9.84 Å². The van der Waals surface area contributed by atoms with Crippen molar-refractivity contribution in [2.45, 2.75) is 29.3 Å². The molecule has 2 aromatic carbocycles. The van der Waals surface area contributed by atoms with Gasteiger partial charge in [-0.3, -0.25) is 4.79 Å². The van der Waals surface area contributed by atoms with E-state index >= 15 is 0 Å². The molecule has 0 radical (unpaired) electrons. The van der Waals surface area contributed by atoms with Crippen LogP contribution in [0.3, 0.4) is 0 Å². The van der Waals surface area contributed by atoms with Crippen LogP contribution in [0.15, 0.2) is 58.5 Å². The van der Waals surface area contributed by atoms with E-state index in [1.807, 2.05) is 31.2 Å². The third-order valence-electron chi connectivity index (χ3n) is 5.05. The SMILES string of the molecule is Cc1ccc(Sc2nn(C3CCS(=O)(=O)C3)c(N)c2NC(=O)c2ccc(Cl)cc2)cc1. The molecule has 10 heteroatoms. The highest BCUT2D eigenvalue weighted by molar-refractivity contribution is 7.99. The normalized spacial score (nSPS) is 17.5. The summed E-state index contributed by atoms with van der Waals surface area (Å²) in [6.45, 7) is 2.00. The number of nitrogen functional groups attached to an aromatic ring is 1. The number of hydrogen-bond donors (Lipinski definition) is 2. The molecule has 3 N–H and O–H groups in total. The van der Waals surface area contributed by atoms with E-state index in [9.17, 15) is 13.2 Å². The zero-order chi connectivity index (χ0) is 22.2. The summed E-state index contributed by atoms with van der Waals surface area (Å²) >= 11 is 7.27. The number of aromatic nitrogens is 2. The quantitative estimate of drug-likeness (QED) is 0.571. The van der Waals surface area contributed by atoms with Gasteiger partial charge in [-0.15, -0.1) is 0 Å². The van der Waals surface area contributed by atoms with Gasteiger partial charge in [-0.1, -0.05) is 41.1 Å². The maximum Gasteiger partial charge on any atom is 0.255 e. The van der Waals surface area contributed by atoms with Crippen molar-refractivity contribution in [2.75, 3.05) is 22.6 Å². The largest absolute Gasteiger partial charge is 0.382 e. The average Bonchev–Trinajstić information content (AvgIpc) is 3.24. The van der Waals surface area contributed by atoms with Crippen molar-refractivity contribution in [1.82, 2.24) is 9.78 Å². The molecule has 1 aromatic heterocycles. The predicted octanol–water partition coefficient (Wildman–Crippen LogP) is 4.19. The molecule has 31 heavy (non-hydrogen) atoms. The van der Waals surface area contributed by atoms with Crippen LogP contribution in [-0.4, -0.2) is 35.6 Å². The molecule has 1 unspecified atom stereocenters. The molecule has 1 amide bonds. The highest BCUT2D eigenvalue weighted by Gasteiger charge is 2.33. The highest BCUT2D eigenvalue weighted by Crippen LogP contribution is 2.39. The summed E-state index contributed by atoms with van der Waals surface area (Å²) in [5, 5.41) is 8.48. The van der Waals surface area contributed by atoms with E-state index in [1.165, 1.54) is 16.4 Å². The number of hydrogen-bond acceptors (Lipinski definition) is 6. The van der Waals surface area contributed by atoms with Crippen LogP contribution in [0, 0.1) is 6.92 Å². The predicted molar refractivity (Wildman–Crippen MR) is 124 cm³/mol. The van der Waals surface area contributed by atoms with E-state index in [0.717, 1.165) is 10.5 Å². The maximum atomic E-state index is 12.8. The summed E-state index contributed by atoms with van der Waals surface area (Å²) in [7, 11) is -3.12. The Labute approximate surface area is 189 Å². The molecule has 0 aliphatic carbocycles. The molecule has 1 saturated heterocycles. The van der Waals surface area contributed by atoms with Crippen molar-refractivity contribution in [1.29, 1.82) is 0 Å². The van der Waals surface area contributed by atoms with E-state index < -0.39 is 9.84 Å². The molecular formula is C21H21ClN4O3S2. The smallest absolute Gasteiger partial charge is 0.255 e. The fourth-order valence-electron chi connectivity index (χ4n) is 3.37. The number of amides is 1. The first-order valence-corrected chi connectivity index (χ1v) is 12.6. The summed E-state index contributed by atoms with van der Waals surface area (Å²) in [6.07, 6.45) is 0.438. The lowest BCUT2D eigenvalue weighted by Gasteiger charge is -2.11. The Kier molecular flexibility index (Phi) is 6.00. The summed E-state index contributed by atoms with van der Waals surface area (Å²) in [6, 6.07) is 14.0. The molecule has 2 heterocycles. The van der Waals surface area contributed by atoms with Crippen molar-refractivity contribution < 1.29 is 13.2 Å². The molecule has 1 atom stereocenters. The van der Waals surface area contributed by atoms with Crippen LogP contribution in [0.25, 0.3) is 0 Å². The minimum Gasteiger partial charge on any atom is -0.382 e. The zero-order valence-electron chi connectivity index (χ0n) is 16.7. The van der Waals surface area contributed by atoms with Gasteiger partial charge in [0.1, 0.15) is 16.5 Å². The number of benzene rings is 2. The van der Waals surface area contributed by atoms with E-state index in [4.69, 9.17) is 17.3 Å². The number of nitrogens with zero attached hydrogens (tertiary/aromatic N) is 2. The average molecular weight is 477 g/mol. The summed E-state index contributed by atoms with van der Waals surface area (Å²) < 4.78 is 25.5. The van der Waals surface area contributed by atoms with Crippen molar-refractivity contribution >= 4 is 50.6 Å². The Morgan fingerprint density at radius 2 is 1.87 bits per heavy atom. The second kappa shape index (κ2) is 8.57. The van der Waals surface area contributed by atoms with E-state index in [0.29, 0.717) is 27.7 Å². The Morgan fingerprint density at radius 1 is 1.19 bits per heavy atom. The van der Waals surface area contributed by atoms with Gasteiger partial charge in [0, 0.05) is 15.5 Å². The number of carbonyl (C=O) groups is 1. The van der Waals surface area contributed by atoms with Crippen LogP contribution < -0.4 is 11.1 Å².